The molecule has 1 unspecified atom stereocenters. The summed E-state index contributed by atoms with van der Waals surface area (Å²) in [4.78, 5) is 2.26. The van der Waals surface area contributed by atoms with E-state index in [-0.39, 0.29) is 6.10 Å². The zero-order valence-corrected chi connectivity index (χ0v) is 11.0. The Balaban J connectivity index is 2.36. The van der Waals surface area contributed by atoms with Crippen LogP contribution in [-0.2, 0) is 6.54 Å². The maximum absolute atomic E-state index is 9.19. The Morgan fingerprint density at radius 3 is 2.82 bits per heavy atom. The van der Waals surface area contributed by atoms with Crippen molar-refractivity contribution in [3.63, 3.8) is 0 Å². The number of nitrogens with zero attached hydrogens (tertiary/aromatic N) is 1. The lowest BCUT2D eigenvalue weighted by molar-refractivity contribution is 0.174. The van der Waals surface area contributed by atoms with E-state index in [2.05, 4.69) is 24.1 Å². The largest absolute Gasteiger partial charge is 0.497 e. The van der Waals surface area contributed by atoms with E-state index < -0.39 is 0 Å². The van der Waals surface area contributed by atoms with Crippen molar-refractivity contribution < 1.29 is 9.84 Å². The molecule has 0 aliphatic carbocycles. The van der Waals surface area contributed by atoms with Crippen LogP contribution in [0, 0.1) is 0 Å². The topological polar surface area (TPSA) is 32.7 Å². The first-order valence-electron chi connectivity index (χ1n) is 6.11. The van der Waals surface area contributed by atoms with E-state index in [1.807, 2.05) is 19.1 Å². The third kappa shape index (κ3) is 5.71. The third-order valence-corrected chi connectivity index (χ3v) is 2.75. The second-order valence-corrected chi connectivity index (χ2v) is 4.58. The molecule has 1 atom stereocenters. The molecule has 0 aromatic heterocycles. The van der Waals surface area contributed by atoms with Crippen molar-refractivity contribution in [2.45, 2.75) is 32.4 Å². The summed E-state index contributed by atoms with van der Waals surface area (Å²) in [5, 5.41) is 9.19. The van der Waals surface area contributed by atoms with Crippen LogP contribution in [0.3, 0.4) is 0 Å². The minimum atomic E-state index is -0.194. The molecular weight excluding hydrogens is 214 g/mol. The van der Waals surface area contributed by atoms with E-state index in [1.165, 1.54) is 5.56 Å². The summed E-state index contributed by atoms with van der Waals surface area (Å²) in [5.74, 6) is 0.903. The molecule has 0 aliphatic heterocycles. The molecule has 0 saturated heterocycles. The highest BCUT2D eigenvalue weighted by molar-refractivity contribution is 5.28. The van der Waals surface area contributed by atoms with Gasteiger partial charge < -0.3 is 14.7 Å². The lowest BCUT2D eigenvalue weighted by atomic mass is 10.2. The molecule has 1 aromatic carbocycles. The van der Waals surface area contributed by atoms with Crippen molar-refractivity contribution in [3.8, 4) is 5.75 Å². The first kappa shape index (κ1) is 14.0. The minimum absolute atomic E-state index is 0.194. The Bertz CT molecular complexity index is 326. The van der Waals surface area contributed by atoms with Gasteiger partial charge in [0.15, 0.2) is 0 Å². The van der Waals surface area contributed by atoms with Crippen LogP contribution in [0.4, 0.5) is 0 Å². The van der Waals surface area contributed by atoms with Gasteiger partial charge in [0.2, 0.25) is 0 Å². The highest BCUT2D eigenvalue weighted by Gasteiger charge is 2.02. The Labute approximate surface area is 104 Å². The molecule has 0 bridgehead atoms. The van der Waals surface area contributed by atoms with Gasteiger partial charge in [-0.3, -0.25) is 0 Å². The second-order valence-electron chi connectivity index (χ2n) is 4.58. The van der Waals surface area contributed by atoms with Crippen molar-refractivity contribution in [1.82, 2.24) is 4.90 Å². The number of hydrogen-bond donors (Lipinski definition) is 1. The third-order valence-electron chi connectivity index (χ3n) is 2.75. The van der Waals surface area contributed by atoms with Crippen molar-refractivity contribution in [3.05, 3.63) is 29.8 Å². The number of rotatable bonds is 7. The highest BCUT2D eigenvalue weighted by atomic mass is 16.5. The van der Waals surface area contributed by atoms with Gasteiger partial charge in [0, 0.05) is 6.54 Å². The number of aliphatic hydroxyl groups excluding tert-OH is 1. The molecule has 0 radical (unpaired) electrons. The van der Waals surface area contributed by atoms with Crippen molar-refractivity contribution in [2.24, 2.45) is 0 Å². The zero-order valence-electron chi connectivity index (χ0n) is 11.0. The van der Waals surface area contributed by atoms with Crippen LogP contribution < -0.4 is 4.74 Å². The molecule has 1 rings (SSSR count). The first-order chi connectivity index (χ1) is 8.11. The van der Waals surface area contributed by atoms with Crippen LogP contribution in [0.15, 0.2) is 24.3 Å². The molecule has 17 heavy (non-hydrogen) atoms. The fraction of sp³-hybridized carbons (Fsp3) is 0.571. The Morgan fingerprint density at radius 2 is 2.18 bits per heavy atom. The van der Waals surface area contributed by atoms with Gasteiger partial charge in [-0.25, -0.2) is 0 Å². The van der Waals surface area contributed by atoms with E-state index in [1.54, 1.807) is 7.11 Å². The quantitative estimate of drug-likeness (QED) is 0.789. The van der Waals surface area contributed by atoms with Crippen molar-refractivity contribution >= 4 is 0 Å². The fourth-order valence-corrected chi connectivity index (χ4v) is 1.82. The van der Waals surface area contributed by atoms with Crippen molar-refractivity contribution in [1.29, 1.82) is 0 Å². The van der Waals surface area contributed by atoms with Gasteiger partial charge in [-0.15, -0.1) is 0 Å². The molecule has 0 amide bonds. The van der Waals surface area contributed by atoms with Crippen LogP contribution in [0.5, 0.6) is 5.75 Å². The standard InChI is InChI=1S/C14H23NO2/c1-12(16)6-5-9-15(2)11-13-7-4-8-14(10-13)17-3/h4,7-8,10,12,16H,5-6,9,11H2,1-3H3. The molecule has 3 heteroatoms. The van der Waals surface area contributed by atoms with Crippen molar-refractivity contribution in [2.75, 3.05) is 20.7 Å². The van der Waals surface area contributed by atoms with Gasteiger partial charge >= 0.3 is 0 Å². The molecular formula is C14H23NO2. The lowest BCUT2D eigenvalue weighted by Gasteiger charge is -2.17. The summed E-state index contributed by atoms with van der Waals surface area (Å²) in [6, 6.07) is 8.13. The average molecular weight is 237 g/mol. The van der Waals surface area contributed by atoms with Gasteiger partial charge in [0.25, 0.3) is 0 Å². The lowest BCUT2D eigenvalue weighted by Crippen LogP contribution is -2.20. The van der Waals surface area contributed by atoms with Crippen LogP contribution >= 0.6 is 0 Å². The molecule has 1 aromatic rings. The van der Waals surface area contributed by atoms with Crippen LogP contribution in [0.1, 0.15) is 25.3 Å². The minimum Gasteiger partial charge on any atom is -0.497 e. The van der Waals surface area contributed by atoms with Gasteiger partial charge in [0.05, 0.1) is 13.2 Å². The normalized spacial score (nSPS) is 12.8. The Hall–Kier alpha value is -1.06. The van der Waals surface area contributed by atoms with Crippen LogP contribution in [0.2, 0.25) is 0 Å². The second kappa shape index (κ2) is 7.30. The van der Waals surface area contributed by atoms with Crippen LogP contribution in [0.25, 0.3) is 0 Å². The summed E-state index contributed by atoms with van der Waals surface area (Å²) in [6.07, 6.45) is 1.70. The van der Waals surface area contributed by atoms with Gasteiger partial charge in [-0.2, -0.15) is 0 Å². The van der Waals surface area contributed by atoms with E-state index in [0.717, 1.165) is 31.7 Å². The van der Waals surface area contributed by atoms with Crippen LogP contribution in [-0.4, -0.2) is 36.8 Å². The van der Waals surface area contributed by atoms with E-state index in [4.69, 9.17) is 4.74 Å². The summed E-state index contributed by atoms with van der Waals surface area (Å²) in [5.41, 5.74) is 1.25. The average Bonchev–Trinajstić information content (AvgIpc) is 2.28. The molecule has 0 aliphatic rings. The molecule has 0 spiro atoms. The number of benzene rings is 1. The number of ether oxygens (including phenoxy) is 1. The van der Waals surface area contributed by atoms with Gasteiger partial charge in [-0.1, -0.05) is 12.1 Å². The van der Waals surface area contributed by atoms with Gasteiger partial charge in [0.1, 0.15) is 5.75 Å². The maximum Gasteiger partial charge on any atom is 0.119 e. The Morgan fingerprint density at radius 1 is 1.41 bits per heavy atom. The summed E-state index contributed by atoms with van der Waals surface area (Å²) < 4.78 is 5.20. The van der Waals surface area contributed by atoms with E-state index in [9.17, 15) is 5.11 Å². The first-order valence-corrected chi connectivity index (χ1v) is 6.11. The maximum atomic E-state index is 9.19. The highest BCUT2D eigenvalue weighted by Crippen LogP contribution is 2.14. The van der Waals surface area contributed by atoms with Gasteiger partial charge in [-0.05, 0) is 51.1 Å². The predicted molar refractivity (Wildman–Crippen MR) is 70.2 cm³/mol. The number of aliphatic hydroxyl groups is 1. The summed E-state index contributed by atoms with van der Waals surface area (Å²) in [7, 11) is 3.78. The molecule has 0 fully saturated rings. The summed E-state index contributed by atoms with van der Waals surface area (Å²) in [6.45, 7) is 3.75. The zero-order chi connectivity index (χ0) is 12.7. The SMILES string of the molecule is COc1cccc(CN(C)CCCC(C)O)c1. The van der Waals surface area contributed by atoms with E-state index in [0.29, 0.717) is 0 Å². The molecule has 3 nitrogen and oxygen atoms in total. The number of hydrogen-bond acceptors (Lipinski definition) is 3. The van der Waals surface area contributed by atoms with E-state index >= 15 is 0 Å². The monoisotopic (exact) mass is 237 g/mol. The Kier molecular flexibility index (Phi) is 6.01. The molecule has 1 N–H and O–H groups in total. The molecule has 0 saturated carbocycles. The molecule has 96 valence electrons. The number of methoxy groups -OCH3 is 1. The molecule has 0 heterocycles. The predicted octanol–water partition coefficient (Wildman–Crippen LogP) is 2.29. The summed E-state index contributed by atoms with van der Waals surface area (Å²) >= 11 is 0. The fourth-order valence-electron chi connectivity index (χ4n) is 1.82. The smallest absolute Gasteiger partial charge is 0.119 e.